The summed E-state index contributed by atoms with van der Waals surface area (Å²) in [5.41, 5.74) is 0. The third-order valence-electron chi connectivity index (χ3n) is 12.7. The summed E-state index contributed by atoms with van der Waals surface area (Å²) in [6.45, 7) is 4.08. The van der Waals surface area contributed by atoms with Gasteiger partial charge < -0.3 is 25.7 Å². The minimum atomic E-state index is -1.26. The molecule has 0 radical (unpaired) electrons. The Hall–Kier alpha value is -0.950. The highest BCUT2D eigenvalue weighted by atomic mass is 16.3. The van der Waals surface area contributed by atoms with Crippen molar-refractivity contribution in [2.75, 3.05) is 6.61 Å². The number of hydrogen-bond acceptors (Lipinski definition) is 5. The zero-order valence-electron chi connectivity index (χ0n) is 39.8. The average Bonchev–Trinajstić information content (AvgIpc) is 3.24. The monoisotopic (exact) mass is 836 g/mol. The van der Waals surface area contributed by atoms with Gasteiger partial charge in [-0.2, -0.15) is 0 Å². The van der Waals surface area contributed by atoms with E-state index in [9.17, 15) is 25.2 Å². The van der Waals surface area contributed by atoms with Crippen molar-refractivity contribution in [3.8, 4) is 0 Å². The van der Waals surface area contributed by atoms with Gasteiger partial charge in [-0.1, -0.05) is 264 Å². The molecule has 59 heavy (non-hydrogen) atoms. The van der Waals surface area contributed by atoms with Crippen LogP contribution < -0.4 is 5.32 Å². The Morgan fingerprint density at radius 2 is 0.678 bits per heavy atom. The molecule has 352 valence electrons. The molecule has 0 heterocycles. The van der Waals surface area contributed by atoms with Crippen LogP contribution in [-0.2, 0) is 4.79 Å². The van der Waals surface area contributed by atoms with Crippen molar-refractivity contribution in [2.45, 2.75) is 314 Å². The van der Waals surface area contributed by atoms with Gasteiger partial charge in [0.05, 0.1) is 18.8 Å². The van der Waals surface area contributed by atoms with Crippen LogP contribution in [0.5, 0.6) is 0 Å². The van der Waals surface area contributed by atoms with Crippen molar-refractivity contribution in [3.05, 3.63) is 12.2 Å². The van der Waals surface area contributed by atoms with Crippen molar-refractivity contribution in [3.63, 3.8) is 0 Å². The lowest BCUT2D eigenvalue weighted by atomic mass is 9.99. The highest BCUT2D eigenvalue weighted by Crippen LogP contribution is 2.18. The smallest absolute Gasteiger partial charge is 0.249 e. The fourth-order valence-corrected chi connectivity index (χ4v) is 8.52. The van der Waals surface area contributed by atoms with E-state index in [0.29, 0.717) is 12.8 Å². The van der Waals surface area contributed by atoms with E-state index in [4.69, 9.17) is 0 Å². The number of amides is 1. The maximum atomic E-state index is 12.6. The molecule has 4 atom stereocenters. The van der Waals surface area contributed by atoms with E-state index < -0.39 is 36.9 Å². The summed E-state index contributed by atoms with van der Waals surface area (Å²) < 4.78 is 0. The van der Waals surface area contributed by atoms with E-state index in [1.54, 1.807) is 0 Å². The van der Waals surface area contributed by atoms with Gasteiger partial charge in [-0.3, -0.25) is 4.79 Å². The fourth-order valence-electron chi connectivity index (χ4n) is 8.52. The molecule has 1 amide bonds. The van der Waals surface area contributed by atoms with Crippen molar-refractivity contribution >= 4 is 5.91 Å². The van der Waals surface area contributed by atoms with Crippen LogP contribution in [0.15, 0.2) is 12.2 Å². The Kier molecular flexibility index (Phi) is 47.3. The quantitative estimate of drug-likeness (QED) is 0.0310. The molecule has 0 saturated carbocycles. The third kappa shape index (κ3) is 42.1. The van der Waals surface area contributed by atoms with Crippen LogP contribution in [0.3, 0.4) is 0 Å². The molecular formula is C53H105NO5. The summed E-state index contributed by atoms with van der Waals surface area (Å²) in [6.07, 6.45) is 55.5. The number of rotatable bonds is 49. The lowest BCUT2D eigenvalue weighted by molar-refractivity contribution is -0.132. The lowest BCUT2D eigenvalue weighted by Crippen LogP contribution is -2.53. The van der Waals surface area contributed by atoms with E-state index in [1.165, 1.54) is 225 Å². The van der Waals surface area contributed by atoms with Crippen LogP contribution in [0.4, 0.5) is 0 Å². The SMILES string of the molecule is CCCCCCCCCCCCCC/C=C\CCCCCCCCCCCCC(O)C(=O)NC(CO)C(O)C(O)CCCCCCCCCCCCCCCCCCC. The van der Waals surface area contributed by atoms with E-state index in [1.807, 2.05) is 0 Å². The summed E-state index contributed by atoms with van der Waals surface area (Å²) in [7, 11) is 0. The number of aliphatic hydroxyl groups is 4. The first-order valence-corrected chi connectivity index (χ1v) is 26.6. The molecule has 0 rings (SSSR count). The van der Waals surface area contributed by atoms with Gasteiger partial charge in [0.1, 0.15) is 12.2 Å². The van der Waals surface area contributed by atoms with E-state index >= 15 is 0 Å². The molecule has 0 aliphatic carbocycles. The predicted octanol–water partition coefficient (Wildman–Crippen LogP) is 14.9. The number of aliphatic hydroxyl groups excluding tert-OH is 4. The van der Waals surface area contributed by atoms with Crippen LogP contribution in [0.2, 0.25) is 0 Å². The molecule has 0 aromatic heterocycles. The van der Waals surface area contributed by atoms with Crippen LogP contribution in [-0.4, -0.2) is 57.3 Å². The van der Waals surface area contributed by atoms with E-state index in [-0.39, 0.29) is 0 Å². The summed E-state index contributed by atoms with van der Waals surface area (Å²) in [5.74, 6) is -0.580. The number of hydrogen-bond donors (Lipinski definition) is 5. The number of carbonyl (C=O) groups excluding carboxylic acids is 1. The third-order valence-corrected chi connectivity index (χ3v) is 12.7. The molecule has 0 aromatic carbocycles. The minimum Gasteiger partial charge on any atom is -0.394 e. The molecule has 0 spiro atoms. The maximum Gasteiger partial charge on any atom is 0.249 e. The molecule has 6 nitrogen and oxygen atoms in total. The molecule has 0 saturated heterocycles. The zero-order chi connectivity index (χ0) is 43.1. The Labute approximate surface area is 368 Å². The van der Waals surface area contributed by atoms with Gasteiger partial charge in [0, 0.05) is 0 Å². The van der Waals surface area contributed by atoms with Gasteiger partial charge in [-0.25, -0.2) is 0 Å². The lowest BCUT2D eigenvalue weighted by Gasteiger charge is -2.27. The second kappa shape index (κ2) is 48.1. The summed E-state index contributed by atoms with van der Waals surface area (Å²) in [6, 6.07) is -0.983. The highest BCUT2D eigenvalue weighted by molar-refractivity contribution is 5.80. The summed E-state index contributed by atoms with van der Waals surface area (Å²) in [4.78, 5) is 12.6. The van der Waals surface area contributed by atoms with Gasteiger partial charge in [0.25, 0.3) is 0 Å². The first-order valence-electron chi connectivity index (χ1n) is 26.6. The Balaban J connectivity index is 3.62. The first-order chi connectivity index (χ1) is 29.0. The molecule has 0 fully saturated rings. The van der Waals surface area contributed by atoms with Gasteiger partial charge >= 0.3 is 0 Å². The minimum absolute atomic E-state index is 0.371. The van der Waals surface area contributed by atoms with E-state index in [0.717, 1.165) is 38.5 Å². The largest absolute Gasteiger partial charge is 0.394 e. The molecule has 4 unspecified atom stereocenters. The van der Waals surface area contributed by atoms with Crippen LogP contribution >= 0.6 is 0 Å². The molecule has 6 heteroatoms. The molecule has 0 bridgehead atoms. The Morgan fingerprint density at radius 3 is 0.983 bits per heavy atom. The summed E-state index contributed by atoms with van der Waals surface area (Å²) >= 11 is 0. The maximum absolute atomic E-state index is 12.6. The Bertz CT molecular complexity index is 852. The molecular weight excluding hydrogens is 731 g/mol. The first kappa shape index (κ1) is 58.0. The van der Waals surface area contributed by atoms with Crippen LogP contribution in [0.1, 0.15) is 290 Å². The predicted molar refractivity (Wildman–Crippen MR) is 256 cm³/mol. The van der Waals surface area contributed by atoms with Crippen molar-refractivity contribution in [1.29, 1.82) is 0 Å². The highest BCUT2D eigenvalue weighted by Gasteiger charge is 2.28. The second-order valence-electron chi connectivity index (χ2n) is 18.6. The van der Waals surface area contributed by atoms with Crippen LogP contribution in [0, 0.1) is 0 Å². The molecule has 0 aliphatic heterocycles. The van der Waals surface area contributed by atoms with Crippen molar-refractivity contribution in [1.82, 2.24) is 5.32 Å². The number of allylic oxidation sites excluding steroid dienone is 2. The molecule has 0 aromatic rings. The standard InChI is InChI=1S/C53H105NO5/c1-3-5-7-9-11-13-15-17-19-21-22-23-24-25-26-27-28-29-31-33-35-37-39-41-43-45-47-51(57)53(59)54-49(48-55)52(58)50(56)46-44-42-40-38-36-34-32-30-20-18-16-14-12-10-8-6-4-2/h25-26,49-52,55-58H,3-24,27-48H2,1-2H3,(H,54,59)/b26-25-. The topological polar surface area (TPSA) is 110 Å². The van der Waals surface area contributed by atoms with E-state index in [2.05, 4.69) is 31.3 Å². The molecule has 0 aliphatic rings. The Morgan fingerprint density at radius 1 is 0.407 bits per heavy atom. The summed E-state index contributed by atoms with van der Waals surface area (Å²) in [5, 5.41) is 43.9. The normalized spacial score (nSPS) is 13.9. The van der Waals surface area contributed by atoms with Gasteiger partial charge in [-0.05, 0) is 38.5 Å². The van der Waals surface area contributed by atoms with Gasteiger partial charge in [0.2, 0.25) is 5.91 Å². The van der Waals surface area contributed by atoms with Crippen molar-refractivity contribution < 1.29 is 25.2 Å². The zero-order valence-corrected chi connectivity index (χ0v) is 39.8. The average molecular weight is 836 g/mol. The van der Waals surface area contributed by atoms with Crippen molar-refractivity contribution in [2.24, 2.45) is 0 Å². The number of carbonyl (C=O) groups is 1. The fraction of sp³-hybridized carbons (Fsp3) is 0.943. The van der Waals surface area contributed by atoms with Gasteiger partial charge in [-0.15, -0.1) is 0 Å². The number of unbranched alkanes of at least 4 members (excludes halogenated alkanes) is 38. The second-order valence-corrected chi connectivity index (χ2v) is 18.6. The molecule has 5 N–H and O–H groups in total. The van der Waals surface area contributed by atoms with Crippen LogP contribution in [0.25, 0.3) is 0 Å². The number of nitrogens with one attached hydrogen (secondary N) is 1. The van der Waals surface area contributed by atoms with Gasteiger partial charge in [0.15, 0.2) is 0 Å².